The Balaban J connectivity index is 2.63. The van der Waals surface area contributed by atoms with E-state index in [4.69, 9.17) is 9.47 Å². The fraction of sp³-hybridized carbons (Fsp3) is 0.533. The lowest BCUT2D eigenvalue weighted by molar-refractivity contribution is -0.123. The van der Waals surface area contributed by atoms with Crippen LogP contribution in [-0.4, -0.2) is 32.2 Å². The van der Waals surface area contributed by atoms with E-state index in [1.165, 1.54) is 0 Å². The van der Waals surface area contributed by atoms with E-state index < -0.39 is 0 Å². The lowest BCUT2D eigenvalue weighted by Gasteiger charge is -2.13. The van der Waals surface area contributed by atoms with Crippen LogP contribution >= 0.6 is 0 Å². The van der Waals surface area contributed by atoms with Gasteiger partial charge in [-0.05, 0) is 38.1 Å². The molecule has 0 atom stereocenters. The van der Waals surface area contributed by atoms with E-state index in [-0.39, 0.29) is 18.6 Å². The predicted octanol–water partition coefficient (Wildman–Crippen LogP) is 1.71. The van der Waals surface area contributed by atoms with Gasteiger partial charge in [-0.15, -0.1) is 0 Å². The van der Waals surface area contributed by atoms with Gasteiger partial charge in [-0.3, -0.25) is 4.79 Å². The Labute approximate surface area is 120 Å². The molecule has 1 aromatic rings. The minimum absolute atomic E-state index is 0.0128. The highest BCUT2D eigenvalue weighted by Crippen LogP contribution is 2.27. The van der Waals surface area contributed by atoms with Crippen LogP contribution in [0.2, 0.25) is 0 Å². The lowest BCUT2D eigenvalue weighted by atomic mass is 10.2. The summed E-state index contributed by atoms with van der Waals surface area (Å²) in [6, 6.07) is 5.81. The number of carbonyl (C=O) groups is 1. The fourth-order valence-corrected chi connectivity index (χ4v) is 1.72. The van der Waals surface area contributed by atoms with Gasteiger partial charge in [-0.1, -0.05) is 13.0 Å². The molecule has 0 fully saturated rings. The minimum Gasteiger partial charge on any atom is -0.493 e. The van der Waals surface area contributed by atoms with Gasteiger partial charge in [0.05, 0.1) is 7.11 Å². The summed E-state index contributed by atoms with van der Waals surface area (Å²) < 4.78 is 10.8. The van der Waals surface area contributed by atoms with Crippen LogP contribution in [0.4, 0.5) is 0 Å². The molecule has 0 spiro atoms. The minimum atomic E-state index is -0.140. The molecule has 2 N–H and O–H groups in total. The highest BCUT2D eigenvalue weighted by molar-refractivity contribution is 5.77. The van der Waals surface area contributed by atoms with Crippen molar-refractivity contribution in [2.45, 2.75) is 33.4 Å². The largest absolute Gasteiger partial charge is 0.493 e. The van der Waals surface area contributed by atoms with Gasteiger partial charge < -0.3 is 20.1 Å². The molecule has 0 aliphatic carbocycles. The summed E-state index contributed by atoms with van der Waals surface area (Å²) in [6.07, 6.45) is 0. The summed E-state index contributed by atoms with van der Waals surface area (Å²) in [5.41, 5.74) is 1.11. The van der Waals surface area contributed by atoms with E-state index >= 15 is 0 Å². The molecular formula is C15H24N2O3. The zero-order chi connectivity index (χ0) is 15.0. The maximum Gasteiger partial charge on any atom is 0.258 e. The first-order chi connectivity index (χ1) is 9.56. The van der Waals surface area contributed by atoms with Crippen molar-refractivity contribution in [1.29, 1.82) is 0 Å². The van der Waals surface area contributed by atoms with Crippen LogP contribution in [0.1, 0.15) is 26.3 Å². The van der Waals surface area contributed by atoms with Crippen LogP contribution in [-0.2, 0) is 11.3 Å². The average Bonchev–Trinajstić information content (AvgIpc) is 2.42. The summed E-state index contributed by atoms with van der Waals surface area (Å²) in [5, 5.41) is 6.02. The molecule has 1 rings (SSSR count). The van der Waals surface area contributed by atoms with E-state index in [1.807, 2.05) is 32.0 Å². The van der Waals surface area contributed by atoms with Gasteiger partial charge in [0, 0.05) is 12.6 Å². The summed E-state index contributed by atoms with van der Waals surface area (Å²) in [4.78, 5) is 11.5. The van der Waals surface area contributed by atoms with Crippen LogP contribution in [0.5, 0.6) is 11.5 Å². The number of hydrogen-bond donors (Lipinski definition) is 2. The molecule has 1 aromatic carbocycles. The van der Waals surface area contributed by atoms with E-state index in [0.29, 0.717) is 11.5 Å². The Kier molecular flexibility index (Phi) is 6.87. The maximum atomic E-state index is 11.5. The molecular weight excluding hydrogens is 256 g/mol. The molecule has 0 saturated heterocycles. The number of ether oxygens (including phenoxy) is 2. The standard InChI is InChI=1S/C15H24N2O3/c1-5-16-9-12-6-7-13(14(8-12)19-4)20-10-15(18)17-11(2)3/h6-8,11,16H,5,9-10H2,1-4H3,(H,17,18). The smallest absolute Gasteiger partial charge is 0.258 e. The highest BCUT2D eigenvalue weighted by atomic mass is 16.5. The van der Waals surface area contributed by atoms with E-state index in [0.717, 1.165) is 18.7 Å². The molecule has 5 heteroatoms. The third kappa shape index (κ3) is 5.48. The zero-order valence-electron chi connectivity index (χ0n) is 12.7. The van der Waals surface area contributed by atoms with Crippen LogP contribution < -0.4 is 20.1 Å². The molecule has 5 nitrogen and oxygen atoms in total. The first-order valence-electron chi connectivity index (χ1n) is 6.86. The van der Waals surface area contributed by atoms with E-state index in [9.17, 15) is 4.79 Å². The molecule has 0 radical (unpaired) electrons. The average molecular weight is 280 g/mol. The van der Waals surface area contributed by atoms with Crippen molar-refractivity contribution in [3.8, 4) is 11.5 Å². The SMILES string of the molecule is CCNCc1ccc(OCC(=O)NC(C)C)c(OC)c1. The number of benzene rings is 1. The maximum absolute atomic E-state index is 11.5. The Morgan fingerprint density at radius 3 is 2.65 bits per heavy atom. The fourth-order valence-electron chi connectivity index (χ4n) is 1.72. The normalized spacial score (nSPS) is 10.4. The number of rotatable bonds is 8. The zero-order valence-corrected chi connectivity index (χ0v) is 12.7. The number of amides is 1. The van der Waals surface area contributed by atoms with Gasteiger partial charge in [-0.2, -0.15) is 0 Å². The predicted molar refractivity (Wildman–Crippen MR) is 79.1 cm³/mol. The van der Waals surface area contributed by atoms with Crippen molar-refractivity contribution in [3.05, 3.63) is 23.8 Å². The first kappa shape index (κ1) is 16.3. The Morgan fingerprint density at radius 2 is 2.05 bits per heavy atom. The second kappa shape index (κ2) is 8.43. The summed E-state index contributed by atoms with van der Waals surface area (Å²) >= 11 is 0. The van der Waals surface area contributed by atoms with Crippen molar-refractivity contribution in [2.24, 2.45) is 0 Å². The monoisotopic (exact) mass is 280 g/mol. The Bertz CT molecular complexity index is 433. The van der Waals surface area contributed by atoms with Crippen molar-refractivity contribution < 1.29 is 14.3 Å². The second-order valence-corrected chi connectivity index (χ2v) is 4.78. The molecule has 20 heavy (non-hydrogen) atoms. The Morgan fingerprint density at radius 1 is 1.30 bits per heavy atom. The highest BCUT2D eigenvalue weighted by Gasteiger charge is 2.09. The van der Waals surface area contributed by atoms with Crippen molar-refractivity contribution in [2.75, 3.05) is 20.3 Å². The van der Waals surface area contributed by atoms with Crippen molar-refractivity contribution >= 4 is 5.91 Å². The van der Waals surface area contributed by atoms with Gasteiger partial charge in [0.15, 0.2) is 18.1 Å². The van der Waals surface area contributed by atoms with Crippen molar-refractivity contribution in [1.82, 2.24) is 10.6 Å². The topological polar surface area (TPSA) is 59.6 Å². The van der Waals surface area contributed by atoms with Crippen LogP contribution in [0.25, 0.3) is 0 Å². The number of methoxy groups -OCH3 is 1. The number of carbonyl (C=O) groups excluding carboxylic acids is 1. The molecule has 0 heterocycles. The molecule has 0 aromatic heterocycles. The molecule has 1 amide bonds. The Hall–Kier alpha value is -1.75. The van der Waals surface area contributed by atoms with Gasteiger partial charge in [-0.25, -0.2) is 0 Å². The van der Waals surface area contributed by atoms with Gasteiger partial charge in [0.25, 0.3) is 5.91 Å². The molecule has 0 unspecified atom stereocenters. The number of nitrogens with one attached hydrogen (secondary N) is 2. The van der Waals surface area contributed by atoms with Crippen LogP contribution in [0, 0.1) is 0 Å². The van der Waals surface area contributed by atoms with Crippen LogP contribution in [0.3, 0.4) is 0 Å². The van der Waals surface area contributed by atoms with E-state index in [1.54, 1.807) is 7.11 Å². The van der Waals surface area contributed by atoms with E-state index in [2.05, 4.69) is 17.6 Å². The molecule has 0 saturated carbocycles. The molecule has 0 aliphatic rings. The van der Waals surface area contributed by atoms with Crippen molar-refractivity contribution in [3.63, 3.8) is 0 Å². The van der Waals surface area contributed by atoms with Gasteiger partial charge >= 0.3 is 0 Å². The second-order valence-electron chi connectivity index (χ2n) is 4.78. The molecule has 0 aliphatic heterocycles. The summed E-state index contributed by atoms with van der Waals surface area (Å²) in [6.45, 7) is 7.56. The van der Waals surface area contributed by atoms with Gasteiger partial charge in [0.1, 0.15) is 0 Å². The summed E-state index contributed by atoms with van der Waals surface area (Å²) in [5.74, 6) is 1.07. The van der Waals surface area contributed by atoms with Gasteiger partial charge in [0.2, 0.25) is 0 Å². The lowest BCUT2D eigenvalue weighted by Crippen LogP contribution is -2.34. The summed E-state index contributed by atoms with van der Waals surface area (Å²) in [7, 11) is 1.59. The molecule has 0 bridgehead atoms. The third-order valence-corrected chi connectivity index (χ3v) is 2.62. The molecule has 112 valence electrons. The quantitative estimate of drug-likeness (QED) is 0.761. The number of hydrogen-bond acceptors (Lipinski definition) is 4. The first-order valence-corrected chi connectivity index (χ1v) is 6.86. The third-order valence-electron chi connectivity index (χ3n) is 2.62. The van der Waals surface area contributed by atoms with Crippen LogP contribution in [0.15, 0.2) is 18.2 Å².